The Balaban J connectivity index is 4.44. The van der Waals surface area contributed by atoms with Gasteiger partial charge < -0.3 is 9.84 Å². The van der Waals surface area contributed by atoms with Gasteiger partial charge in [0.15, 0.2) is 0 Å². The van der Waals surface area contributed by atoms with Crippen LogP contribution in [0, 0.1) is 17.8 Å². The van der Waals surface area contributed by atoms with Crippen LogP contribution in [0.2, 0.25) is 0 Å². The van der Waals surface area contributed by atoms with Gasteiger partial charge in [-0.3, -0.25) is 9.59 Å². The Morgan fingerprint density at radius 2 is 1.94 bits per heavy atom. The SMILES string of the molecule is CCOC(=O)C(C)CC(C(=O)O)C(C)CCBr. The summed E-state index contributed by atoms with van der Waals surface area (Å²) in [5.74, 6) is -1.97. The van der Waals surface area contributed by atoms with Gasteiger partial charge in [0, 0.05) is 5.33 Å². The maximum Gasteiger partial charge on any atom is 0.308 e. The Hall–Kier alpha value is -0.580. The zero-order valence-corrected chi connectivity index (χ0v) is 12.2. The second kappa shape index (κ2) is 8.50. The summed E-state index contributed by atoms with van der Waals surface area (Å²) in [4.78, 5) is 22.6. The smallest absolute Gasteiger partial charge is 0.308 e. The molecule has 0 radical (unpaired) electrons. The fraction of sp³-hybridized carbons (Fsp3) is 0.833. The number of ether oxygens (including phenoxy) is 1. The third-order valence-electron chi connectivity index (χ3n) is 2.86. The third kappa shape index (κ3) is 6.05. The molecule has 0 aliphatic carbocycles. The van der Waals surface area contributed by atoms with Crippen LogP contribution >= 0.6 is 15.9 Å². The Morgan fingerprint density at radius 1 is 1.35 bits per heavy atom. The van der Waals surface area contributed by atoms with Crippen LogP contribution in [0.4, 0.5) is 0 Å². The first kappa shape index (κ1) is 16.4. The van der Waals surface area contributed by atoms with Gasteiger partial charge in [-0.05, 0) is 25.7 Å². The predicted octanol–water partition coefficient (Wildman–Crippen LogP) is 2.70. The molecule has 0 aromatic heterocycles. The molecular weight excluding hydrogens is 288 g/mol. The van der Waals surface area contributed by atoms with Crippen LogP contribution in [0.5, 0.6) is 0 Å². The molecule has 3 atom stereocenters. The average molecular weight is 309 g/mol. The fourth-order valence-corrected chi connectivity index (χ4v) is 2.43. The molecule has 100 valence electrons. The molecule has 0 amide bonds. The zero-order chi connectivity index (χ0) is 13.4. The van der Waals surface area contributed by atoms with Crippen molar-refractivity contribution in [3.8, 4) is 0 Å². The van der Waals surface area contributed by atoms with Gasteiger partial charge in [-0.1, -0.05) is 29.8 Å². The molecule has 4 nitrogen and oxygen atoms in total. The van der Waals surface area contributed by atoms with E-state index in [2.05, 4.69) is 15.9 Å². The molecule has 1 N–H and O–H groups in total. The molecule has 0 spiro atoms. The number of carboxylic acid groups (broad SMARTS) is 1. The standard InChI is InChI=1S/C12H21BrO4/c1-4-17-12(16)9(3)7-10(11(14)15)8(2)5-6-13/h8-10H,4-7H2,1-3H3,(H,14,15). The highest BCUT2D eigenvalue weighted by atomic mass is 79.9. The van der Waals surface area contributed by atoms with E-state index in [1.165, 1.54) is 0 Å². The molecule has 0 rings (SSSR count). The second-order valence-corrected chi connectivity index (χ2v) is 5.08. The van der Waals surface area contributed by atoms with Gasteiger partial charge in [0.25, 0.3) is 0 Å². The first-order valence-corrected chi connectivity index (χ1v) is 7.01. The number of rotatable bonds is 8. The first-order valence-electron chi connectivity index (χ1n) is 5.89. The minimum Gasteiger partial charge on any atom is -0.481 e. The summed E-state index contributed by atoms with van der Waals surface area (Å²) in [5, 5.41) is 9.93. The lowest BCUT2D eigenvalue weighted by Crippen LogP contribution is -2.27. The molecule has 0 bridgehead atoms. The molecule has 0 fully saturated rings. The van der Waals surface area contributed by atoms with Crippen LogP contribution < -0.4 is 0 Å². The number of hydrogen-bond donors (Lipinski definition) is 1. The molecule has 0 heterocycles. The summed E-state index contributed by atoms with van der Waals surface area (Å²) in [6.45, 7) is 5.69. The molecular formula is C12H21BrO4. The Bertz CT molecular complexity index is 255. The summed E-state index contributed by atoms with van der Waals surface area (Å²) < 4.78 is 4.88. The average Bonchev–Trinajstić information content (AvgIpc) is 2.25. The Labute approximate surface area is 111 Å². The summed E-state index contributed by atoms with van der Waals surface area (Å²) in [5.41, 5.74) is 0. The van der Waals surface area contributed by atoms with Crippen molar-refractivity contribution >= 4 is 27.9 Å². The van der Waals surface area contributed by atoms with Crippen LogP contribution in [-0.4, -0.2) is 29.0 Å². The van der Waals surface area contributed by atoms with Crippen molar-refractivity contribution in [2.45, 2.75) is 33.6 Å². The molecule has 0 saturated carbocycles. The topological polar surface area (TPSA) is 63.6 Å². The minimum absolute atomic E-state index is 0.0451. The summed E-state index contributed by atoms with van der Waals surface area (Å²) in [6, 6.07) is 0. The molecule has 3 unspecified atom stereocenters. The van der Waals surface area contributed by atoms with E-state index in [1.54, 1.807) is 13.8 Å². The van der Waals surface area contributed by atoms with Crippen molar-refractivity contribution in [2.75, 3.05) is 11.9 Å². The van der Waals surface area contributed by atoms with E-state index in [9.17, 15) is 9.59 Å². The van der Waals surface area contributed by atoms with E-state index in [-0.39, 0.29) is 17.8 Å². The van der Waals surface area contributed by atoms with E-state index < -0.39 is 11.9 Å². The van der Waals surface area contributed by atoms with Crippen LogP contribution in [0.3, 0.4) is 0 Å². The molecule has 0 saturated heterocycles. The Kier molecular flexibility index (Phi) is 8.21. The summed E-state index contributed by atoms with van der Waals surface area (Å²) in [6.07, 6.45) is 1.12. The lowest BCUT2D eigenvalue weighted by atomic mass is 9.84. The number of aliphatic carboxylic acids is 1. The second-order valence-electron chi connectivity index (χ2n) is 4.29. The quantitative estimate of drug-likeness (QED) is 0.553. The maximum atomic E-state index is 11.5. The van der Waals surface area contributed by atoms with Gasteiger partial charge in [0.1, 0.15) is 0 Å². The number of carboxylic acids is 1. The largest absolute Gasteiger partial charge is 0.481 e. The van der Waals surface area contributed by atoms with E-state index in [0.29, 0.717) is 13.0 Å². The van der Waals surface area contributed by atoms with Gasteiger partial charge in [-0.15, -0.1) is 0 Å². The van der Waals surface area contributed by atoms with Crippen LogP contribution in [-0.2, 0) is 14.3 Å². The van der Waals surface area contributed by atoms with E-state index in [0.717, 1.165) is 11.8 Å². The lowest BCUT2D eigenvalue weighted by molar-refractivity contribution is -0.150. The van der Waals surface area contributed by atoms with Crippen molar-refractivity contribution < 1.29 is 19.4 Å². The van der Waals surface area contributed by atoms with Crippen LogP contribution in [0.15, 0.2) is 0 Å². The highest BCUT2D eigenvalue weighted by Gasteiger charge is 2.29. The van der Waals surface area contributed by atoms with Crippen molar-refractivity contribution in [3.05, 3.63) is 0 Å². The van der Waals surface area contributed by atoms with Crippen molar-refractivity contribution in [1.29, 1.82) is 0 Å². The number of carbonyl (C=O) groups excluding carboxylic acids is 1. The van der Waals surface area contributed by atoms with Crippen LogP contribution in [0.25, 0.3) is 0 Å². The molecule has 0 aromatic carbocycles. The number of alkyl halides is 1. The van der Waals surface area contributed by atoms with E-state index in [1.807, 2.05) is 6.92 Å². The highest BCUT2D eigenvalue weighted by Crippen LogP contribution is 2.24. The maximum absolute atomic E-state index is 11.5. The van der Waals surface area contributed by atoms with Gasteiger partial charge in [0.2, 0.25) is 0 Å². The normalized spacial score (nSPS) is 16.0. The molecule has 0 aliphatic rings. The number of esters is 1. The Morgan fingerprint density at radius 3 is 2.35 bits per heavy atom. The lowest BCUT2D eigenvalue weighted by Gasteiger charge is -2.21. The van der Waals surface area contributed by atoms with E-state index >= 15 is 0 Å². The minimum atomic E-state index is -0.838. The van der Waals surface area contributed by atoms with Crippen LogP contribution in [0.1, 0.15) is 33.6 Å². The van der Waals surface area contributed by atoms with Gasteiger partial charge >= 0.3 is 11.9 Å². The van der Waals surface area contributed by atoms with Gasteiger partial charge in [-0.25, -0.2) is 0 Å². The highest BCUT2D eigenvalue weighted by molar-refractivity contribution is 9.09. The molecule has 5 heteroatoms. The van der Waals surface area contributed by atoms with Crippen molar-refractivity contribution in [1.82, 2.24) is 0 Å². The third-order valence-corrected chi connectivity index (χ3v) is 3.32. The van der Waals surface area contributed by atoms with Crippen molar-refractivity contribution in [3.63, 3.8) is 0 Å². The van der Waals surface area contributed by atoms with Gasteiger partial charge in [0.05, 0.1) is 18.4 Å². The zero-order valence-electron chi connectivity index (χ0n) is 10.6. The number of carbonyl (C=O) groups is 2. The van der Waals surface area contributed by atoms with E-state index in [4.69, 9.17) is 9.84 Å². The monoisotopic (exact) mass is 308 g/mol. The fourth-order valence-electron chi connectivity index (χ4n) is 1.71. The molecule has 0 aromatic rings. The van der Waals surface area contributed by atoms with Gasteiger partial charge in [-0.2, -0.15) is 0 Å². The predicted molar refractivity (Wildman–Crippen MR) is 69.1 cm³/mol. The number of hydrogen-bond acceptors (Lipinski definition) is 3. The molecule has 0 aliphatic heterocycles. The summed E-state index contributed by atoms with van der Waals surface area (Å²) in [7, 11) is 0. The molecule has 17 heavy (non-hydrogen) atoms. The number of halogens is 1. The van der Waals surface area contributed by atoms with Crippen molar-refractivity contribution in [2.24, 2.45) is 17.8 Å². The summed E-state index contributed by atoms with van der Waals surface area (Å²) >= 11 is 3.30. The first-order chi connectivity index (χ1) is 7.93.